The maximum absolute atomic E-state index is 11.0. The van der Waals surface area contributed by atoms with Crippen molar-refractivity contribution in [1.29, 1.82) is 0 Å². The van der Waals surface area contributed by atoms with Gasteiger partial charge in [0.2, 0.25) is 0 Å². The van der Waals surface area contributed by atoms with Gasteiger partial charge < -0.3 is 0 Å². The topological polar surface area (TPSA) is 34.1 Å². The van der Waals surface area contributed by atoms with E-state index in [1.54, 1.807) is 0 Å². The SMILES string of the molecule is CC(C)C1C2CS(=O)(=O)C[C@@H]21. The molecule has 1 aliphatic heterocycles. The Morgan fingerprint density at radius 3 is 2.00 bits per heavy atom. The molecule has 0 spiro atoms. The largest absolute Gasteiger partial charge is 0.229 e. The molecule has 1 saturated heterocycles. The highest BCUT2D eigenvalue weighted by Crippen LogP contribution is 2.56. The van der Waals surface area contributed by atoms with Gasteiger partial charge in [0.25, 0.3) is 0 Å². The summed E-state index contributed by atoms with van der Waals surface area (Å²) in [4.78, 5) is 0. The van der Waals surface area contributed by atoms with Gasteiger partial charge in [0.15, 0.2) is 9.84 Å². The lowest BCUT2D eigenvalue weighted by Gasteiger charge is -2.06. The predicted octanol–water partition coefficient (Wildman–Crippen LogP) is 0.933. The van der Waals surface area contributed by atoms with E-state index in [1.807, 2.05) is 0 Å². The zero-order valence-electron chi connectivity index (χ0n) is 6.95. The van der Waals surface area contributed by atoms with Crippen LogP contribution in [-0.4, -0.2) is 19.9 Å². The summed E-state index contributed by atoms with van der Waals surface area (Å²) in [7, 11) is -2.61. The summed E-state index contributed by atoms with van der Waals surface area (Å²) in [6.07, 6.45) is 0. The van der Waals surface area contributed by atoms with E-state index < -0.39 is 9.84 Å². The van der Waals surface area contributed by atoms with Crippen LogP contribution in [0.4, 0.5) is 0 Å². The van der Waals surface area contributed by atoms with Gasteiger partial charge in [-0.15, -0.1) is 0 Å². The van der Waals surface area contributed by atoms with Crippen molar-refractivity contribution in [3.63, 3.8) is 0 Å². The number of hydrogen-bond donors (Lipinski definition) is 0. The fourth-order valence-electron chi connectivity index (χ4n) is 2.59. The first-order valence-corrected chi connectivity index (χ1v) is 6.04. The van der Waals surface area contributed by atoms with E-state index in [2.05, 4.69) is 13.8 Å². The van der Waals surface area contributed by atoms with E-state index in [-0.39, 0.29) is 0 Å². The zero-order chi connectivity index (χ0) is 8.22. The quantitative estimate of drug-likeness (QED) is 0.592. The van der Waals surface area contributed by atoms with E-state index in [4.69, 9.17) is 0 Å². The van der Waals surface area contributed by atoms with Crippen LogP contribution in [-0.2, 0) is 9.84 Å². The van der Waals surface area contributed by atoms with Gasteiger partial charge in [-0.3, -0.25) is 0 Å². The average molecular weight is 174 g/mol. The summed E-state index contributed by atoms with van der Waals surface area (Å²) in [6, 6.07) is 0. The molecule has 0 amide bonds. The molecule has 2 unspecified atom stereocenters. The van der Waals surface area contributed by atoms with Gasteiger partial charge in [0.1, 0.15) is 0 Å². The summed E-state index contributed by atoms with van der Waals surface area (Å²) >= 11 is 0. The lowest BCUT2D eigenvalue weighted by atomic mass is 10.1. The first kappa shape index (κ1) is 7.59. The van der Waals surface area contributed by atoms with Gasteiger partial charge in [-0.05, 0) is 23.7 Å². The van der Waals surface area contributed by atoms with Crippen molar-refractivity contribution >= 4 is 9.84 Å². The minimum atomic E-state index is -2.61. The molecule has 0 bridgehead atoms. The molecule has 11 heavy (non-hydrogen) atoms. The standard InChI is InChI=1S/C8H14O2S/c1-5(2)8-6-3-11(9,10)4-7(6)8/h5-8H,3-4H2,1-2H3/t6-,7?,8?/m0/s1. The lowest BCUT2D eigenvalue weighted by molar-refractivity contribution is 0.502. The third-order valence-electron chi connectivity index (χ3n) is 3.06. The summed E-state index contributed by atoms with van der Waals surface area (Å²) in [5.74, 6) is 3.40. The van der Waals surface area contributed by atoms with E-state index in [0.29, 0.717) is 29.3 Å². The molecule has 0 aromatic rings. The Balaban J connectivity index is 2.06. The highest BCUT2D eigenvalue weighted by molar-refractivity contribution is 7.91. The van der Waals surface area contributed by atoms with Gasteiger partial charge >= 0.3 is 0 Å². The second kappa shape index (κ2) is 2.00. The highest BCUT2D eigenvalue weighted by atomic mass is 32.2. The molecule has 3 heteroatoms. The molecule has 0 radical (unpaired) electrons. The van der Waals surface area contributed by atoms with E-state index >= 15 is 0 Å². The van der Waals surface area contributed by atoms with Crippen LogP contribution in [0.5, 0.6) is 0 Å². The summed E-state index contributed by atoms with van der Waals surface area (Å²) in [6.45, 7) is 4.38. The Morgan fingerprint density at radius 2 is 1.64 bits per heavy atom. The molecular formula is C8H14O2S. The zero-order valence-corrected chi connectivity index (χ0v) is 7.76. The van der Waals surface area contributed by atoms with Crippen molar-refractivity contribution < 1.29 is 8.42 Å². The smallest absolute Gasteiger partial charge is 0.150 e. The number of sulfone groups is 1. The highest BCUT2D eigenvalue weighted by Gasteiger charge is 2.59. The number of fused-ring (bicyclic) bond motifs is 1. The lowest BCUT2D eigenvalue weighted by Crippen LogP contribution is -2.12. The molecular weight excluding hydrogens is 160 g/mol. The van der Waals surface area contributed by atoms with Crippen LogP contribution in [0.15, 0.2) is 0 Å². The Hall–Kier alpha value is -0.0500. The molecule has 2 rings (SSSR count). The minimum Gasteiger partial charge on any atom is -0.229 e. The van der Waals surface area contributed by atoms with Crippen LogP contribution in [0.25, 0.3) is 0 Å². The van der Waals surface area contributed by atoms with Crippen LogP contribution >= 0.6 is 0 Å². The second-order valence-corrected chi connectivity index (χ2v) is 6.38. The first-order chi connectivity index (χ1) is 5.01. The monoisotopic (exact) mass is 174 g/mol. The third-order valence-corrected chi connectivity index (χ3v) is 4.85. The summed E-state index contributed by atoms with van der Waals surface area (Å²) in [5, 5.41) is 0. The van der Waals surface area contributed by atoms with E-state index in [9.17, 15) is 8.42 Å². The van der Waals surface area contributed by atoms with Gasteiger partial charge in [-0.1, -0.05) is 13.8 Å². The number of hydrogen-bond acceptors (Lipinski definition) is 2. The molecule has 1 heterocycles. The van der Waals surface area contributed by atoms with Crippen molar-refractivity contribution in [2.24, 2.45) is 23.7 Å². The maximum atomic E-state index is 11.0. The molecule has 3 atom stereocenters. The van der Waals surface area contributed by atoms with Crippen LogP contribution in [0.3, 0.4) is 0 Å². The molecule has 2 nitrogen and oxygen atoms in total. The van der Waals surface area contributed by atoms with Crippen LogP contribution in [0.1, 0.15) is 13.8 Å². The fourth-order valence-corrected chi connectivity index (χ4v) is 4.84. The predicted molar refractivity (Wildman–Crippen MR) is 44.0 cm³/mol. The van der Waals surface area contributed by atoms with Crippen LogP contribution in [0, 0.1) is 23.7 Å². The molecule has 1 saturated carbocycles. The molecule has 2 aliphatic rings. The van der Waals surface area contributed by atoms with Crippen molar-refractivity contribution in [1.82, 2.24) is 0 Å². The van der Waals surface area contributed by atoms with Gasteiger partial charge in [0.05, 0.1) is 11.5 Å². The molecule has 64 valence electrons. The Kier molecular flexibility index (Phi) is 1.38. The third kappa shape index (κ3) is 1.10. The maximum Gasteiger partial charge on any atom is 0.150 e. The summed E-state index contributed by atoms with van der Waals surface area (Å²) < 4.78 is 22.1. The molecule has 1 aliphatic carbocycles. The molecule has 2 fully saturated rings. The van der Waals surface area contributed by atoms with Crippen molar-refractivity contribution in [2.45, 2.75) is 13.8 Å². The van der Waals surface area contributed by atoms with Crippen molar-refractivity contribution in [3.8, 4) is 0 Å². The van der Waals surface area contributed by atoms with E-state index in [1.165, 1.54) is 0 Å². The van der Waals surface area contributed by atoms with Gasteiger partial charge in [0, 0.05) is 0 Å². The van der Waals surface area contributed by atoms with Crippen LogP contribution < -0.4 is 0 Å². The van der Waals surface area contributed by atoms with E-state index in [0.717, 1.165) is 5.92 Å². The molecule has 0 aromatic heterocycles. The average Bonchev–Trinajstić information content (AvgIpc) is 2.31. The number of rotatable bonds is 1. The van der Waals surface area contributed by atoms with Gasteiger partial charge in [-0.2, -0.15) is 0 Å². The molecule has 0 aromatic carbocycles. The summed E-state index contributed by atoms with van der Waals surface area (Å²) in [5.41, 5.74) is 0. The van der Waals surface area contributed by atoms with Crippen LogP contribution in [0.2, 0.25) is 0 Å². The fraction of sp³-hybridized carbons (Fsp3) is 1.00. The Bertz CT molecular complexity index is 248. The Labute approximate surface area is 67.9 Å². The second-order valence-electron chi connectivity index (χ2n) is 4.23. The Morgan fingerprint density at radius 1 is 1.18 bits per heavy atom. The van der Waals surface area contributed by atoms with Crippen molar-refractivity contribution in [3.05, 3.63) is 0 Å². The first-order valence-electron chi connectivity index (χ1n) is 4.22. The minimum absolute atomic E-state index is 0.473. The normalized spacial score (nSPS) is 45.9. The van der Waals surface area contributed by atoms with Crippen molar-refractivity contribution in [2.75, 3.05) is 11.5 Å². The van der Waals surface area contributed by atoms with Gasteiger partial charge in [-0.25, -0.2) is 8.42 Å². The molecule has 0 N–H and O–H groups in total.